The second-order valence-corrected chi connectivity index (χ2v) is 6.88. The zero-order valence-electron chi connectivity index (χ0n) is 15.6. The van der Waals surface area contributed by atoms with Crippen LogP contribution in [0.5, 0.6) is 11.5 Å². The molecule has 1 atom stereocenters. The molecular formula is C20H27N3O3. The number of rotatable bonds is 4. The number of aliphatic hydroxyl groups is 1. The average Bonchev–Trinajstić information content (AvgIpc) is 2.63. The molecule has 0 spiro atoms. The Kier molecular flexibility index (Phi) is 5.64. The first-order valence-electron chi connectivity index (χ1n) is 8.90. The molecule has 2 aromatic rings. The molecule has 0 radical (unpaired) electrons. The van der Waals surface area contributed by atoms with Crippen molar-refractivity contribution in [3.8, 4) is 11.5 Å². The van der Waals surface area contributed by atoms with Crippen molar-refractivity contribution in [1.82, 2.24) is 9.88 Å². The molecule has 26 heavy (non-hydrogen) atoms. The Labute approximate surface area is 154 Å². The number of aromatic hydroxyl groups is 1. The van der Waals surface area contributed by atoms with Crippen LogP contribution in [0, 0.1) is 6.92 Å². The molecule has 6 nitrogen and oxygen atoms in total. The standard InChI is InChI=1S/C20H27N3O3/c1-14-4-5-16-12-23(9-8-17(13-24)22(2)20(16)21-14)11-15-6-7-18(26-3)10-19(15)25/h4-7,10,17,24-25H,8-9,11-13H2,1-3H3. The smallest absolute Gasteiger partial charge is 0.133 e. The first-order valence-corrected chi connectivity index (χ1v) is 8.90. The molecule has 1 aromatic carbocycles. The number of methoxy groups -OCH3 is 1. The fourth-order valence-corrected chi connectivity index (χ4v) is 3.41. The first-order chi connectivity index (χ1) is 12.5. The van der Waals surface area contributed by atoms with Gasteiger partial charge in [-0.05, 0) is 25.5 Å². The molecule has 1 aromatic heterocycles. The van der Waals surface area contributed by atoms with Crippen LogP contribution in [0.25, 0.3) is 0 Å². The number of likely N-dealkylation sites (N-methyl/N-ethyl adjacent to an activating group) is 1. The van der Waals surface area contributed by atoms with Gasteiger partial charge >= 0.3 is 0 Å². The molecule has 140 valence electrons. The van der Waals surface area contributed by atoms with Crippen molar-refractivity contribution >= 4 is 5.82 Å². The van der Waals surface area contributed by atoms with Crippen LogP contribution in [0.1, 0.15) is 23.2 Å². The highest BCUT2D eigenvalue weighted by Gasteiger charge is 2.24. The Balaban J connectivity index is 1.87. The zero-order valence-corrected chi connectivity index (χ0v) is 15.6. The molecule has 6 heteroatoms. The Morgan fingerprint density at radius 3 is 2.77 bits per heavy atom. The first kappa shape index (κ1) is 18.5. The number of aryl methyl sites for hydroxylation is 1. The third-order valence-corrected chi connectivity index (χ3v) is 5.05. The maximum Gasteiger partial charge on any atom is 0.133 e. The van der Waals surface area contributed by atoms with Gasteiger partial charge in [0.05, 0.1) is 19.8 Å². The van der Waals surface area contributed by atoms with Crippen LogP contribution in [0.4, 0.5) is 5.82 Å². The molecule has 0 saturated heterocycles. The second-order valence-electron chi connectivity index (χ2n) is 6.88. The molecule has 0 bridgehead atoms. The quantitative estimate of drug-likeness (QED) is 0.875. The third-order valence-electron chi connectivity index (χ3n) is 5.05. The van der Waals surface area contributed by atoms with Gasteiger partial charge in [-0.15, -0.1) is 0 Å². The number of aromatic nitrogens is 1. The van der Waals surface area contributed by atoms with Crippen LogP contribution >= 0.6 is 0 Å². The number of aliphatic hydroxyl groups excluding tert-OH is 1. The largest absolute Gasteiger partial charge is 0.507 e. The molecule has 3 rings (SSSR count). The zero-order chi connectivity index (χ0) is 18.7. The van der Waals surface area contributed by atoms with Gasteiger partial charge in [-0.2, -0.15) is 0 Å². The molecule has 1 unspecified atom stereocenters. The molecule has 0 aliphatic carbocycles. The fourth-order valence-electron chi connectivity index (χ4n) is 3.41. The van der Waals surface area contributed by atoms with Gasteiger partial charge in [0.2, 0.25) is 0 Å². The number of hydrogen-bond donors (Lipinski definition) is 2. The highest BCUT2D eigenvalue weighted by atomic mass is 16.5. The molecule has 2 N–H and O–H groups in total. The Hall–Kier alpha value is -2.31. The van der Waals surface area contributed by atoms with Crippen LogP contribution in [-0.2, 0) is 13.1 Å². The number of fused-ring (bicyclic) bond motifs is 1. The van der Waals surface area contributed by atoms with E-state index in [-0.39, 0.29) is 18.4 Å². The van der Waals surface area contributed by atoms with E-state index in [9.17, 15) is 10.2 Å². The number of phenolic OH excluding ortho intramolecular Hbond substituents is 1. The summed E-state index contributed by atoms with van der Waals surface area (Å²) >= 11 is 0. The van der Waals surface area contributed by atoms with Crippen molar-refractivity contribution in [3.05, 3.63) is 47.2 Å². The minimum absolute atomic E-state index is 0.0234. The summed E-state index contributed by atoms with van der Waals surface area (Å²) in [6.45, 7) is 4.27. The molecule has 0 amide bonds. The summed E-state index contributed by atoms with van der Waals surface area (Å²) in [6, 6.07) is 9.55. The second kappa shape index (κ2) is 7.93. The van der Waals surface area contributed by atoms with Gasteiger partial charge in [-0.25, -0.2) is 4.98 Å². The van der Waals surface area contributed by atoms with E-state index >= 15 is 0 Å². The van der Waals surface area contributed by atoms with E-state index in [1.807, 2.05) is 32.2 Å². The van der Waals surface area contributed by atoms with Crippen molar-refractivity contribution in [3.63, 3.8) is 0 Å². The molecule has 1 aliphatic rings. The Morgan fingerprint density at radius 1 is 1.27 bits per heavy atom. The lowest BCUT2D eigenvalue weighted by Crippen LogP contribution is -2.41. The van der Waals surface area contributed by atoms with Crippen LogP contribution in [0.2, 0.25) is 0 Å². The number of phenols is 1. The van der Waals surface area contributed by atoms with Crippen LogP contribution in [0.3, 0.4) is 0 Å². The van der Waals surface area contributed by atoms with Gasteiger partial charge in [0.1, 0.15) is 17.3 Å². The summed E-state index contributed by atoms with van der Waals surface area (Å²) in [7, 11) is 3.58. The van der Waals surface area contributed by atoms with E-state index in [2.05, 4.69) is 15.9 Å². The van der Waals surface area contributed by atoms with Crippen molar-refractivity contribution in [1.29, 1.82) is 0 Å². The fraction of sp³-hybridized carbons (Fsp3) is 0.450. The van der Waals surface area contributed by atoms with Gasteiger partial charge in [0.15, 0.2) is 0 Å². The minimum atomic E-state index is 0.0234. The lowest BCUT2D eigenvalue weighted by molar-refractivity contribution is 0.204. The van der Waals surface area contributed by atoms with Crippen molar-refractivity contribution in [2.75, 3.05) is 32.2 Å². The van der Waals surface area contributed by atoms with Gasteiger partial charge in [-0.1, -0.05) is 12.1 Å². The lowest BCUT2D eigenvalue weighted by Gasteiger charge is -2.35. The van der Waals surface area contributed by atoms with Crippen molar-refractivity contribution in [2.24, 2.45) is 0 Å². The Bertz CT molecular complexity index is 766. The topological polar surface area (TPSA) is 69.1 Å². The summed E-state index contributed by atoms with van der Waals surface area (Å²) < 4.78 is 5.16. The van der Waals surface area contributed by atoms with Gasteiger partial charge in [0.25, 0.3) is 0 Å². The number of benzene rings is 1. The maximum atomic E-state index is 10.3. The maximum absolute atomic E-state index is 10.3. The number of anilines is 1. The monoisotopic (exact) mass is 357 g/mol. The van der Waals surface area contributed by atoms with E-state index in [1.54, 1.807) is 13.2 Å². The molecule has 0 saturated carbocycles. The average molecular weight is 357 g/mol. The summed E-state index contributed by atoms with van der Waals surface area (Å²) in [6.07, 6.45) is 0.832. The highest BCUT2D eigenvalue weighted by Crippen LogP contribution is 2.28. The van der Waals surface area contributed by atoms with Crippen molar-refractivity contribution in [2.45, 2.75) is 32.5 Å². The Morgan fingerprint density at radius 2 is 2.08 bits per heavy atom. The SMILES string of the molecule is COc1ccc(CN2CCC(CO)N(C)c3nc(C)ccc3C2)c(O)c1. The molecule has 2 heterocycles. The van der Waals surface area contributed by atoms with E-state index in [0.717, 1.165) is 42.1 Å². The van der Waals surface area contributed by atoms with Crippen LogP contribution in [-0.4, -0.2) is 53.4 Å². The number of pyridine rings is 1. The summed E-state index contributed by atoms with van der Waals surface area (Å²) in [5.74, 6) is 1.81. The van der Waals surface area contributed by atoms with Gasteiger partial charge in [-0.3, -0.25) is 4.90 Å². The van der Waals surface area contributed by atoms with E-state index in [1.165, 1.54) is 0 Å². The van der Waals surface area contributed by atoms with E-state index in [0.29, 0.717) is 12.3 Å². The lowest BCUT2D eigenvalue weighted by atomic mass is 10.1. The van der Waals surface area contributed by atoms with E-state index in [4.69, 9.17) is 9.72 Å². The molecule has 1 aliphatic heterocycles. The summed E-state index contributed by atoms with van der Waals surface area (Å²) in [5.41, 5.74) is 2.96. The predicted octanol–water partition coefficient (Wildman–Crippen LogP) is 2.31. The summed E-state index contributed by atoms with van der Waals surface area (Å²) in [5, 5.41) is 20.1. The van der Waals surface area contributed by atoms with Gasteiger partial charge < -0.3 is 19.8 Å². The van der Waals surface area contributed by atoms with Crippen molar-refractivity contribution < 1.29 is 14.9 Å². The number of nitrogens with zero attached hydrogens (tertiary/aromatic N) is 3. The van der Waals surface area contributed by atoms with Gasteiger partial charge in [0, 0.05) is 49.6 Å². The highest BCUT2D eigenvalue weighted by molar-refractivity contribution is 5.48. The minimum Gasteiger partial charge on any atom is -0.507 e. The predicted molar refractivity (Wildman–Crippen MR) is 102 cm³/mol. The summed E-state index contributed by atoms with van der Waals surface area (Å²) in [4.78, 5) is 9.07. The third kappa shape index (κ3) is 3.92. The van der Waals surface area contributed by atoms with Crippen LogP contribution in [0.15, 0.2) is 30.3 Å². The molecule has 0 fully saturated rings. The van der Waals surface area contributed by atoms with E-state index < -0.39 is 0 Å². The number of ether oxygens (including phenoxy) is 1. The number of hydrogen-bond acceptors (Lipinski definition) is 6. The van der Waals surface area contributed by atoms with Crippen LogP contribution < -0.4 is 9.64 Å². The normalized spacial score (nSPS) is 18.2. The molecular weight excluding hydrogens is 330 g/mol.